The van der Waals surface area contributed by atoms with Crippen molar-refractivity contribution >= 4 is 12.1 Å². The quantitative estimate of drug-likeness (QED) is 0.667. The monoisotopic (exact) mass is 188 g/mol. The first kappa shape index (κ1) is 9.13. The highest BCUT2D eigenvalue weighted by molar-refractivity contribution is 5.90. The minimum absolute atomic E-state index is 0.0311. The van der Waals surface area contributed by atoms with E-state index in [1.807, 2.05) is 18.2 Å². The molecule has 2 heteroatoms. The highest BCUT2D eigenvalue weighted by atomic mass is 16.1. The minimum atomic E-state index is -0.0311. The summed E-state index contributed by atoms with van der Waals surface area (Å²) in [6.45, 7) is 0. The van der Waals surface area contributed by atoms with Crippen molar-refractivity contribution in [3.8, 4) is 0 Å². The molecule has 0 heterocycles. The SMILES string of the molecule is O=Cc1ccccc1C1CCCC1=O. The Hall–Kier alpha value is -1.44. The van der Waals surface area contributed by atoms with Crippen LogP contribution in [0, 0.1) is 0 Å². The first-order valence-corrected chi connectivity index (χ1v) is 4.90. The fourth-order valence-corrected chi connectivity index (χ4v) is 2.08. The molecule has 2 nitrogen and oxygen atoms in total. The number of hydrogen-bond donors (Lipinski definition) is 0. The van der Waals surface area contributed by atoms with E-state index in [-0.39, 0.29) is 11.7 Å². The molecule has 1 aromatic carbocycles. The maximum atomic E-state index is 11.5. The number of carbonyl (C=O) groups excluding carboxylic acids is 2. The molecule has 14 heavy (non-hydrogen) atoms. The first-order valence-electron chi connectivity index (χ1n) is 4.90. The summed E-state index contributed by atoms with van der Waals surface area (Å²) in [5, 5.41) is 0. The largest absolute Gasteiger partial charge is 0.299 e. The van der Waals surface area contributed by atoms with Crippen LogP contribution in [-0.4, -0.2) is 12.1 Å². The highest BCUT2D eigenvalue weighted by Gasteiger charge is 2.27. The summed E-state index contributed by atoms with van der Waals surface area (Å²) in [7, 11) is 0. The molecular formula is C12H12O2. The van der Waals surface area contributed by atoms with Crippen LogP contribution in [0.3, 0.4) is 0 Å². The molecule has 1 aliphatic rings. The lowest BCUT2D eigenvalue weighted by Crippen LogP contribution is -2.06. The van der Waals surface area contributed by atoms with Crippen LogP contribution in [0.15, 0.2) is 24.3 Å². The fraction of sp³-hybridized carbons (Fsp3) is 0.333. The molecular weight excluding hydrogens is 176 g/mol. The average Bonchev–Trinajstić information content (AvgIpc) is 2.64. The predicted molar refractivity (Wildman–Crippen MR) is 53.4 cm³/mol. The molecule has 0 aromatic heterocycles. The van der Waals surface area contributed by atoms with Crippen LogP contribution < -0.4 is 0 Å². The van der Waals surface area contributed by atoms with Gasteiger partial charge in [-0.15, -0.1) is 0 Å². The van der Waals surface area contributed by atoms with E-state index in [0.717, 1.165) is 24.7 Å². The standard InChI is InChI=1S/C12H12O2/c13-8-9-4-1-2-5-10(9)11-6-3-7-12(11)14/h1-2,4-5,8,11H,3,6-7H2. The zero-order valence-electron chi connectivity index (χ0n) is 7.90. The van der Waals surface area contributed by atoms with E-state index in [1.54, 1.807) is 6.07 Å². The molecule has 1 atom stereocenters. The van der Waals surface area contributed by atoms with Crippen LogP contribution in [0.4, 0.5) is 0 Å². The third-order valence-corrected chi connectivity index (χ3v) is 2.80. The molecule has 0 radical (unpaired) electrons. The van der Waals surface area contributed by atoms with E-state index in [4.69, 9.17) is 0 Å². The van der Waals surface area contributed by atoms with Gasteiger partial charge in [-0.1, -0.05) is 24.3 Å². The summed E-state index contributed by atoms with van der Waals surface area (Å²) in [6, 6.07) is 7.37. The van der Waals surface area contributed by atoms with E-state index in [2.05, 4.69) is 0 Å². The second-order valence-corrected chi connectivity index (χ2v) is 3.66. The number of benzene rings is 1. The van der Waals surface area contributed by atoms with E-state index < -0.39 is 0 Å². The molecule has 1 fully saturated rings. The van der Waals surface area contributed by atoms with Gasteiger partial charge < -0.3 is 0 Å². The second-order valence-electron chi connectivity index (χ2n) is 3.66. The summed E-state index contributed by atoms with van der Waals surface area (Å²) < 4.78 is 0. The molecule has 0 bridgehead atoms. The Balaban J connectivity index is 2.39. The topological polar surface area (TPSA) is 34.1 Å². The lowest BCUT2D eigenvalue weighted by Gasteiger charge is -2.10. The predicted octanol–water partition coefficient (Wildman–Crippen LogP) is 2.34. The molecule has 0 N–H and O–H groups in total. The van der Waals surface area contributed by atoms with Crippen LogP contribution in [-0.2, 0) is 4.79 Å². The van der Waals surface area contributed by atoms with Gasteiger partial charge in [0.25, 0.3) is 0 Å². The van der Waals surface area contributed by atoms with Gasteiger partial charge in [-0.05, 0) is 18.4 Å². The number of ketones is 1. The zero-order valence-corrected chi connectivity index (χ0v) is 7.90. The third kappa shape index (κ3) is 1.48. The van der Waals surface area contributed by atoms with Crippen molar-refractivity contribution in [3.05, 3.63) is 35.4 Å². The van der Waals surface area contributed by atoms with E-state index in [0.29, 0.717) is 12.0 Å². The lowest BCUT2D eigenvalue weighted by molar-refractivity contribution is -0.118. The Bertz CT molecular complexity index is 368. The molecule has 72 valence electrons. The smallest absolute Gasteiger partial charge is 0.150 e. The third-order valence-electron chi connectivity index (χ3n) is 2.80. The summed E-state index contributed by atoms with van der Waals surface area (Å²) >= 11 is 0. The van der Waals surface area contributed by atoms with Gasteiger partial charge in [0, 0.05) is 17.9 Å². The molecule has 0 spiro atoms. The van der Waals surface area contributed by atoms with Crippen molar-refractivity contribution in [2.45, 2.75) is 25.2 Å². The molecule has 1 saturated carbocycles. The molecule has 0 aliphatic heterocycles. The Kier molecular flexibility index (Phi) is 2.44. The van der Waals surface area contributed by atoms with Crippen LogP contribution in [0.1, 0.15) is 41.1 Å². The molecule has 2 rings (SSSR count). The lowest BCUT2D eigenvalue weighted by atomic mass is 9.93. The van der Waals surface area contributed by atoms with Crippen LogP contribution >= 0.6 is 0 Å². The molecule has 1 aromatic rings. The number of Topliss-reactive ketones (excluding diaryl/α,β-unsaturated/α-hetero) is 1. The average molecular weight is 188 g/mol. The van der Waals surface area contributed by atoms with Crippen molar-refractivity contribution in [2.24, 2.45) is 0 Å². The molecule has 0 saturated heterocycles. The Morgan fingerprint density at radius 1 is 1.29 bits per heavy atom. The number of hydrogen-bond acceptors (Lipinski definition) is 2. The number of rotatable bonds is 2. The van der Waals surface area contributed by atoms with Crippen molar-refractivity contribution in [1.82, 2.24) is 0 Å². The fourth-order valence-electron chi connectivity index (χ4n) is 2.08. The zero-order chi connectivity index (χ0) is 9.97. The van der Waals surface area contributed by atoms with Crippen molar-refractivity contribution in [3.63, 3.8) is 0 Å². The van der Waals surface area contributed by atoms with Gasteiger partial charge in [-0.2, -0.15) is 0 Å². The van der Waals surface area contributed by atoms with Crippen LogP contribution in [0.2, 0.25) is 0 Å². The number of aldehydes is 1. The van der Waals surface area contributed by atoms with Gasteiger partial charge in [0.15, 0.2) is 0 Å². The maximum Gasteiger partial charge on any atom is 0.150 e. The van der Waals surface area contributed by atoms with Gasteiger partial charge >= 0.3 is 0 Å². The minimum Gasteiger partial charge on any atom is -0.299 e. The van der Waals surface area contributed by atoms with Crippen molar-refractivity contribution < 1.29 is 9.59 Å². The molecule has 0 amide bonds. The summed E-state index contributed by atoms with van der Waals surface area (Å²) in [5.41, 5.74) is 1.57. The highest BCUT2D eigenvalue weighted by Crippen LogP contribution is 2.32. The summed E-state index contributed by atoms with van der Waals surface area (Å²) in [5.74, 6) is 0.246. The normalized spacial score (nSPS) is 21.1. The van der Waals surface area contributed by atoms with E-state index in [9.17, 15) is 9.59 Å². The Labute approximate surface area is 82.9 Å². The van der Waals surface area contributed by atoms with Gasteiger partial charge in [0.05, 0.1) is 0 Å². The van der Waals surface area contributed by atoms with Gasteiger partial charge in [0.2, 0.25) is 0 Å². The van der Waals surface area contributed by atoms with E-state index in [1.165, 1.54) is 0 Å². The molecule has 1 unspecified atom stereocenters. The van der Waals surface area contributed by atoms with Crippen molar-refractivity contribution in [2.75, 3.05) is 0 Å². The summed E-state index contributed by atoms with van der Waals surface area (Å²) in [4.78, 5) is 22.3. The van der Waals surface area contributed by atoms with E-state index >= 15 is 0 Å². The summed E-state index contributed by atoms with van der Waals surface area (Å²) in [6.07, 6.45) is 3.35. The Morgan fingerprint density at radius 3 is 2.71 bits per heavy atom. The van der Waals surface area contributed by atoms with Gasteiger partial charge in [0.1, 0.15) is 12.1 Å². The maximum absolute atomic E-state index is 11.5. The van der Waals surface area contributed by atoms with Crippen LogP contribution in [0.25, 0.3) is 0 Å². The molecule has 1 aliphatic carbocycles. The number of carbonyl (C=O) groups is 2. The van der Waals surface area contributed by atoms with Crippen LogP contribution in [0.5, 0.6) is 0 Å². The van der Waals surface area contributed by atoms with Gasteiger partial charge in [-0.25, -0.2) is 0 Å². The van der Waals surface area contributed by atoms with Gasteiger partial charge in [-0.3, -0.25) is 9.59 Å². The van der Waals surface area contributed by atoms with Crippen molar-refractivity contribution in [1.29, 1.82) is 0 Å². The first-order chi connectivity index (χ1) is 6.83. The Morgan fingerprint density at radius 2 is 2.07 bits per heavy atom. The second kappa shape index (κ2) is 3.74.